The van der Waals surface area contributed by atoms with Gasteiger partial charge in [-0.05, 0) is 26.0 Å². The molecule has 0 saturated heterocycles. The zero-order valence-electron chi connectivity index (χ0n) is 11.4. The lowest BCUT2D eigenvalue weighted by Gasteiger charge is -2.25. The minimum atomic E-state index is -4.23. The van der Waals surface area contributed by atoms with Crippen LogP contribution in [0.15, 0.2) is 11.2 Å². The van der Waals surface area contributed by atoms with Crippen LogP contribution in [0.3, 0.4) is 0 Å². The number of alkyl halides is 3. The predicted octanol–water partition coefficient (Wildman–Crippen LogP) is 3.16. The zero-order valence-corrected chi connectivity index (χ0v) is 12.2. The van der Waals surface area contributed by atoms with E-state index >= 15 is 0 Å². The van der Waals surface area contributed by atoms with Gasteiger partial charge in [0.1, 0.15) is 18.2 Å². The Hall–Kier alpha value is -1.18. The van der Waals surface area contributed by atoms with Crippen molar-refractivity contribution in [3.05, 3.63) is 6.07 Å². The fourth-order valence-electron chi connectivity index (χ4n) is 1.90. The van der Waals surface area contributed by atoms with E-state index in [2.05, 4.69) is 15.3 Å². The van der Waals surface area contributed by atoms with Crippen molar-refractivity contribution in [2.45, 2.75) is 37.1 Å². The van der Waals surface area contributed by atoms with Crippen molar-refractivity contribution in [2.75, 3.05) is 29.6 Å². The average molecular weight is 306 g/mol. The summed E-state index contributed by atoms with van der Waals surface area (Å²) in [4.78, 5) is 9.79. The largest absolute Gasteiger partial charge is 0.405 e. The van der Waals surface area contributed by atoms with Crippen LogP contribution in [0.2, 0.25) is 0 Å². The summed E-state index contributed by atoms with van der Waals surface area (Å²) in [5, 5.41) is 3.51. The highest BCUT2D eigenvalue weighted by atomic mass is 32.2. The first-order valence-electron chi connectivity index (χ1n) is 6.43. The van der Waals surface area contributed by atoms with Gasteiger partial charge in [-0.3, -0.25) is 0 Å². The third-order valence-electron chi connectivity index (χ3n) is 2.86. The number of nitrogens with zero attached hydrogens (tertiary/aromatic N) is 3. The molecule has 1 saturated carbocycles. The third kappa shape index (κ3) is 4.16. The lowest BCUT2D eigenvalue weighted by molar-refractivity contribution is -0.120. The molecule has 0 unspecified atom stereocenters. The number of thioether (sulfide) groups is 1. The van der Waals surface area contributed by atoms with Crippen LogP contribution in [0, 0.1) is 0 Å². The first-order valence-corrected chi connectivity index (χ1v) is 7.65. The van der Waals surface area contributed by atoms with Gasteiger partial charge in [0.05, 0.1) is 0 Å². The monoisotopic (exact) mass is 306 g/mol. The summed E-state index contributed by atoms with van der Waals surface area (Å²) < 4.78 is 38.1. The van der Waals surface area contributed by atoms with Gasteiger partial charge in [0.15, 0.2) is 5.16 Å². The van der Waals surface area contributed by atoms with E-state index in [0.29, 0.717) is 23.3 Å². The second-order valence-electron chi connectivity index (χ2n) is 4.60. The maximum atomic E-state index is 12.7. The van der Waals surface area contributed by atoms with Crippen molar-refractivity contribution in [3.63, 3.8) is 0 Å². The van der Waals surface area contributed by atoms with Crippen molar-refractivity contribution in [1.82, 2.24) is 9.97 Å². The van der Waals surface area contributed by atoms with Crippen LogP contribution in [-0.2, 0) is 0 Å². The van der Waals surface area contributed by atoms with E-state index in [4.69, 9.17) is 0 Å². The second-order valence-corrected chi connectivity index (χ2v) is 5.38. The summed E-state index contributed by atoms with van der Waals surface area (Å²) in [5.74, 6) is 0.912. The molecule has 20 heavy (non-hydrogen) atoms. The van der Waals surface area contributed by atoms with E-state index < -0.39 is 12.7 Å². The summed E-state index contributed by atoms with van der Waals surface area (Å²) in [6, 6.07) is 1.53. The molecular formula is C12H17F3N4S. The Labute approximate surface area is 120 Å². The Morgan fingerprint density at radius 2 is 2.10 bits per heavy atom. The van der Waals surface area contributed by atoms with Gasteiger partial charge < -0.3 is 10.2 Å². The Balaban J connectivity index is 2.29. The normalized spacial score (nSPS) is 15.2. The van der Waals surface area contributed by atoms with Gasteiger partial charge in [0.25, 0.3) is 0 Å². The molecule has 1 aromatic rings. The fourth-order valence-corrected chi connectivity index (χ4v) is 2.27. The molecule has 1 fully saturated rings. The number of rotatable bonds is 6. The minimum absolute atomic E-state index is 0.0595. The molecule has 0 atom stereocenters. The molecule has 1 aromatic heterocycles. The first kappa shape index (κ1) is 15.2. The van der Waals surface area contributed by atoms with Gasteiger partial charge >= 0.3 is 6.18 Å². The molecule has 2 rings (SSSR count). The molecule has 1 N–H and O–H groups in total. The number of aromatic nitrogens is 2. The lowest BCUT2D eigenvalue weighted by atomic mass is 10.4. The molecule has 8 heteroatoms. The molecule has 0 spiro atoms. The zero-order chi connectivity index (χ0) is 14.8. The van der Waals surface area contributed by atoms with E-state index in [-0.39, 0.29) is 6.04 Å². The second kappa shape index (κ2) is 6.07. The van der Waals surface area contributed by atoms with Crippen molar-refractivity contribution >= 4 is 23.4 Å². The Morgan fingerprint density at radius 1 is 1.40 bits per heavy atom. The average Bonchev–Trinajstić information content (AvgIpc) is 3.19. The summed E-state index contributed by atoms with van der Waals surface area (Å²) in [6.45, 7) is 1.61. The maximum Gasteiger partial charge on any atom is 0.405 e. The van der Waals surface area contributed by atoms with Crippen LogP contribution in [0.25, 0.3) is 0 Å². The molecule has 1 aliphatic rings. The molecule has 1 aliphatic carbocycles. The highest BCUT2D eigenvalue weighted by Crippen LogP contribution is 2.34. The number of hydrogen-bond acceptors (Lipinski definition) is 5. The topological polar surface area (TPSA) is 41.0 Å². The van der Waals surface area contributed by atoms with Gasteiger partial charge in [0.2, 0.25) is 0 Å². The standard InChI is InChI=1S/C12H17F3N4S/c1-3-16-9-6-10(18-11(17-9)20-2)19(8-4-5-8)7-12(13,14)15/h6,8H,3-5,7H2,1-2H3,(H,16,17,18). The molecule has 1 heterocycles. The number of hydrogen-bond donors (Lipinski definition) is 1. The molecule has 0 amide bonds. The molecule has 0 aromatic carbocycles. The van der Waals surface area contributed by atoms with Gasteiger partial charge in [-0.25, -0.2) is 9.97 Å². The van der Waals surface area contributed by atoms with E-state index in [9.17, 15) is 13.2 Å². The quantitative estimate of drug-likeness (QED) is 0.646. The molecule has 112 valence electrons. The SMILES string of the molecule is CCNc1cc(N(CC(F)(F)F)C2CC2)nc(SC)n1. The summed E-state index contributed by atoms with van der Waals surface area (Å²) in [6.07, 6.45) is -0.859. The Morgan fingerprint density at radius 3 is 2.60 bits per heavy atom. The molecular weight excluding hydrogens is 289 g/mol. The van der Waals surface area contributed by atoms with Crippen LogP contribution in [0.1, 0.15) is 19.8 Å². The minimum Gasteiger partial charge on any atom is -0.370 e. The summed E-state index contributed by atoms with van der Waals surface area (Å²) in [5.41, 5.74) is 0. The van der Waals surface area contributed by atoms with Crippen LogP contribution >= 0.6 is 11.8 Å². The number of nitrogens with one attached hydrogen (secondary N) is 1. The number of anilines is 2. The molecule has 4 nitrogen and oxygen atoms in total. The molecule has 0 radical (unpaired) electrons. The summed E-state index contributed by atoms with van der Waals surface area (Å²) >= 11 is 1.32. The van der Waals surface area contributed by atoms with E-state index in [1.54, 1.807) is 12.3 Å². The van der Waals surface area contributed by atoms with Gasteiger partial charge in [-0.2, -0.15) is 13.2 Å². The van der Waals surface area contributed by atoms with Crippen molar-refractivity contribution in [2.24, 2.45) is 0 Å². The third-order valence-corrected chi connectivity index (χ3v) is 3.41. The van der Waals surface area contributed by atoms with Gasteiger partial charge in [-0.1, -0.05) is 11.8 Å². The van der Waals surface area contributed by atoms with E-state index in [1.165, 1.54) is 16.7 Å². The van der Waals surface area contributed by atoms with E-state index in [0.717, 1.165) is 12.8 Å². The fraction of sp³-hybridized carbons (Fsp3) is 0.667. The Bertz CT molecular complexity index is 463. The highest BCUT2D eigenvalue weighted by Gasteiger charge is 2.39. The molecule has 0 bridgehead atoms. The summed E-state index contributed by atoms with van der Waals surface area (Å²) in [7, 11) is 0. The predicted molar refractivity (Wildman–Crippen MR) is 74.4 cm³/mol. The molecule has 0 aliphatic heterocycles. The maximum absolute atomic E-state index is 12.7. The van der Waals surface area contributed by atoms with Crippen molar-refractivity contribution in [1.29, 1.82) is 0 Å². The van der Waals surface area contributed by atoms with Crippen molar-refractivity contribution in [3.8, 4) is 0 Å². The van der Waals surface area contributed by atoms with Crippen LogP contribution < -0.4 is 10.2 Å². The number of halogens is 3. The first-order chi connectivity index (χ1) is 9.43. The Kier molecular flexibility index (Phi) is 4.62. The van der Waals surface area contributed by atoms with Crippen molar-refractivity contribution < 1.29 is 13.2 Å². The smallest absolute Gasteiger partial charge is 0.370 e. The highest BCUT2D eigenvalue weighted by molar-refractivity contribution is 7.98. The van der Waals surface area contributed by atoms with Gasteiger partial charge in [-0.15, -0.1) is 0 Å². The van der Waals surface area contributed by atoms with Gasteiger partial charge in [0, 0.05) is 18.7 Å². The van der Waals surface area contributed by atoms with Crippen LogP contribution in [0.4, 0.5) is 24.8 Å². The van der Waals surface area contributed by atoms with Crippen LogP contribution in [-0.4, -0.2) is 41.5 Å². The van der Waals surface area contributed by atoms with Crippen LogP contribution in [0.5, 0.6) is 0 Å². The van der Waals surface area contributed by atoms with E-state index in [1.807, 2.05) is 6.92 Å². The lowest BCUT2D eigenvalue weighted by Crippen LogP contribution is -2.36.